The lowest BCUT2D eigenvalue weighted by Crippen LogP contribution is -2.28. The highest BCUT2D eigenvalue weighted by Crippen LogP contribution is 2.31. The SMILES string of the molecule is Cc1ccc(C(C)NC(=O)c2cc(S(=O)(=O)NC3CC3)c(Cl)cc2Cl)o1. The number of rotatable bonds is 6. The summed E-state index contributed by atoms with van der Waals surface area (Å²) in [6.07, 6.45) is 1.58. The molecule has 0 spiro atoms. The molecule has 2 aromatic rings. The topological polar surface area (TPSA) is 88.4 Å². The Morgan fingerprint density at radius 2 is 1.92 bits per heavy atom. The Morgan fingerprint density at radius 3 is 2.50 bits per heavy atom. The van der Waals surface area contributed by atoms with E-state index in [2.05, 4.69) is 10.0 Å². The van der Waals surface area contributed by atoms with Crippen molar-refractivity contribution in [3.8, 4) is 0 Å². The molecule has 2 N–H and O–H groups in total. The van der Waals surface area contributed by atoms with Gasteiger partial charge in [-0.05, 0) is 51.0 Å². The van der Waals surface area contributed by atoms with Crippen LogP contribution in [0.15, 0.2) is 33.6 Å². The second-order valence-electron chi connectivity index (χ2n) is 6.30. The van der Waals surface area contributed by atoms with Crippen molar-refractivity contribution in [3.63, 3.8) is 0 Å². The number of nitrogens with one attached hydrogen (secondary N) is 2. The van der Waals surface area contributed by atoms with Crippen LogP contribution in [0.2, 0.25) is 10.0 Å². The molecule has 1 fully saturated rings. The van der Waals surface area contributed by atoms with E-state index in [1.54, 1.807) is 26.0 Å². The molecule has 1 aliphatic carbocycles. The Labute approximate surface area is 161 Å². The third-order valence-electron chi connectivity index (χ3n) is 3.99. The second-order valence-corrected chi connectivity index (χ2v) is 8.80. The standard InChI is InChI=1S/C17H18Cl2N2O4S/c1-9-3-6-15(25-9)10(2)20-17(22)12-7-16(14(19)8-13(12)18)26(23,24)21-11-4-5-11/h3,6-8,10-11,21H,4-5H2,1-2H3,(H,20,22). The van der Waals surface area contributed by atoms with Crippen molar-refractivity contribution in [2.75, 3.05) is 0 Å². The number of benzene rings is 1. The van der Waals surface area contributed by atoms with Gasteiger partial charge in [0.2, 0.25) is 10.0 Å². The van der Waals surface area contributed by atoms with Gasteiger partial charge in [0.1, 0.15) is 16.4 Å². The average molecular weight is 417 g/mol. The minimum Gasteiger partial charge on any atom is -0.464 e. The van der Waals surface area contributed by atoms with Gasteiger partial charge in [-0.15, -0.1) is 0 Å². The first-order valence-corrected chi connectivity index (χ1v) is 10.3. The molecular formula is C17H18Cl2N2O4S. The fraction of sp³-hybridized carbons (Fsp3) is 0.353. The largest absolute Gasteiger partial charge is 0.464 e. The van der Waals surface area contributed by atoms with E-state index in [0.717, 1.165) is 18.6 Å². The molecule has 9 heteroatoms. The minimum atomic E-state index is -3.82. The molecule has 1 atom stereocenters. The van der Waals surface area contributed by atoms with Crippen molar-refractivity contribution >= 4 is 39.1 Å². The second kappa shape index (κ2) is 7.23. The van der Waals surface area contributed by atoms with Crippen molar-refractivity contribution in [2.45, 2.75) is 43.7 Å². The van der Waals surface area contributed by atoms with Gasteiger partial charge in [-0.2, -0.15) is 0 Å². The zero-order valence-corrected chi connectivity index (χ0v) is 16.5. The predicted molar refractivity (Wildman–Crippen MR) is 99.1 cm³/mol. The molecule has 3 rings (SSSR count). The Kier molecular flexibility index (Phi) is 5.35. The first kappa shape index (κ1) is 19.2. The van der Waals surface area contributed by atoms with Gasteiger partial charge in [0, 0.05) is 6.04 Å². The van der Waals surface area contributed by atoms with Crippen molar-refractivity contribution < 1.29 is 17.6 Å². The van der Waals surface area contributed by atoms with Gasteiger partial charge in [0.15, 0.2) is 0 Å². The summed E-state index contributed by atoms with van der Waals surface area (Å²) < 4.78 is 32.9. The Hall–Kier alpha value is -1.54. The lowest BCUT2D eigenvalue weighted by molar-refractivity contribution is 0.0935. The first-order valence-electron chi connectivity index (χ1n) is 8.06. The third kappa shape index (κ3) is 4.23. The van der Waals surface area contributed by atoms with E-state index >= 15 is 0 Å². The van der Waals surface area contributed by atoms with Crippen LogP contribution in [0.4, 0.5) is 0 Å². The van der Waals surface area contributed by atoms with Gasteiger partial charge >= 0.3 is 0 Å². The number of aryl methyl sites for hydroxylation is 1. The van der Waals surface area contributed by atoms with Crippen LogP contribution in [0.5, 0.6) is 0 Å². The highest BCUT2D eigenvalue weighted by Gasteiger charge is 2.30. The highest BCUT2D eigenvalue weighted by molar-refractivity contribution is 7.89. The number of amides is 1. The fourth-order valence-corrected chi connectivity index (χ4v) is 4.59. The summed E-state index contributed by atoms with van der Waals surface area (Å²) >= 11 is 12.2. The molecular weight excluding hydrogens is 399 g/mol. The highest BCUT2D eigenvalue weighted by atomic mass is 35.5. The van der Waals surface area contributed by atoms with Crippen LogP contribution in [-0.4, -0.2) is 20.4 Å². The smallest absolute Gasteiger partial charge is 0.253 e. The summed E-state index contributed by atoms with van der Waals surface area (Å²) in [5, 5.41) is 2.78. The lowest BCUT2D eigenvalue weighted by atomic mass is 10.2. The number of carbonyl (C=O) groups excluding carboxylic acids is 1. The Morgan fingerprint density at radius 1 is 1.23 bits per heavy atom. The molecule has 1 aromatic carbocycles. The van der Waals surface area contributed by atoms with Crippen LogP contribution in [0.3, 0.4) is 0 Å². The van der Waals surface area contributed by atoms with Crippen molar-refractivity contribution in [1.82, 2.24) is 10.0 Å². The molecule has 1 aromatic heterocycles. The Balaban J connectivity index is 1.86. The average Bonchev–Trinajstić information content (AvgIpc) is 3.22. The summed E-state index contributed by atoms with van der Waals surface area (Å²) in [6, 6.07) is 5.53. The van der Waals surface area contributed by atoms with E-state index in [1.165, 1.54) is 12.1 Å². The maximum Gasteiger partial charge on any atom is 0.253 e. The zero-order valence-electron chi connectivity index (χ0n) is 14.2. The van der Waals surface area contributed by atoms with Crippen LogP contribution < -0.4 is 10.0 Å². The molecule has 1 aliphatic rings. The molecule has 0 radical (unpaired) electrons. The quantitative estimate of drug-likeness (QED) is 0.748. The molecule has 1 amide bonds. The summed E-state index contributed by atoms with van der Waals surface area (Å²) in [7, 11) is -3.82. The predicted octanol–water partition coefficient (Wildman–Crippen LogP) is 3.83. The molecule has 0 bridgehead atoms. The van der Waals surface area contributed by atoms with Gasteiger partial charge in [0.05, 0.1) is 21.7 Å². The molecule has 1 unspecified atom stereocenters. The van der Waals surface area contributed by atoms with Crippen LogP contribution in [0.25, 0.3) is 0 Å². The number of sulfonamides is 1. The van der Waals surface area contributed by atoms with E-state index in [-0.39, 0.29) is 26.5 Å². The van der Waals surface area contributed by atoms with E-state index in [0.29, 0.717) is 5.76 Å². The molecule has 1 heterocycles. The number of hydrogen-bond acceptors (Lipinski definition) is 4. The minimum absolute atomic E-state index is 0.0300. The monoisotopic (exact) mass is 416 g/mol. The molecule has 140 valence electrons. The van der Waals surface area contributed by atoms with Gasteiger partial charge in [-0.3, -0.25) is 4.79 Å². The molecule has 1 saturated carbocycles. The van der Waals surface area contributed by atoms with Crippen LogP contribution in [-0.2, 0) is 10.0 Å². The van der Waals surface area contributed by atoms with E-state index < -0.39 is 22.0 Å². The van der Waals surface area contributed by atoms with Crippen LogP contribution >= 0.6 is 23.2 Å². The third-order valence-corrected chi connectivity index (χ3v) is 6.29. The number of carbonyl (C=O) groups is 1. The van der Waals surface area contributed by atoms with Crippen LogP contribution in [0.1, 0.15) is 47.7 Å². The Bertz CT molecular complexity index is 952. The molecule has 0 aliphatic heterocycles. The van der Waals surface area contributed by atoms with E-state index in [9.17, 15) is 13.2 Å². The molecule has 26 heavy (non-hydrogen) atoms. The molecule has 0 saturated heterocycles. The van der Waals surface area contributed by atoms with Gasteiger partial charge < -0.3 is 9.73 Å². The van der Waals surface area contributed by atoms with Crippen molar-refractivity contribution in [2.24, 2.45) is 0 Å². The van der Waals surface area contributed by atoms with Gasteiger partial charge in [-0.1, -0.05) is 23.2 Å². The maximum atomic E-state index is 12.6. The first-order chi connectivity index (χ1) is 12.2. The van der Waals surface area contributed by atoms with Gasteiger partial charge in [0.25, 0.3) is 5.91 Å². The summed E-state index contributed by atoms with van der Waals surface area (Å²) in [4.78, 5) is 12.4. The van der Waals surface area contributed by atoms with Crippen molar-refractivity contribution in [3.05, 3.63) is 51.4 Å². The van der Waals surface area contributed by atoms with E-state index in [1.807, 2.05) is 0 Å². The summed E-state index contributed by atoms with van der Waals surface area (Å²) in [6.45, 7) is 3.56. The number of halogens is 2. The maximum absolute atomic E-state index is 12.6. The van der Waals surface area contributed by atoms with Gasteiger partial charge in [-0.25, -0.2) is 13.1 Å². The zero-order chi connectivity index (χ0) is 19.1. The molecule has 6 nitrogen and oxygen atoms in total. The van der Waals surface area contributed by atoms with Crippen LogP contribution in [0, 0.1) is 6.92 Å². The summed E-state index contributed by atoms with van der Waals surface area (Å²) in [5.41, 5.74) is 0.0300. The number of furan rings is 1. The lowest BCUT2D eigenvalue weighted by Gasteiger charge is -2.14. The van der Waals surface area contributed by atoms with Crippen molar-refractivity contribution in [1.29, 1.82) is 0 Å². The summed E-state index contributed by atoms with van der Waals surface area (Å²) in [5.74, 6) is 0.797. The fourth-order valence-electron chi connectivity index (χ4n) is 2.42. The number of hydrogen-bond donors (Lipinski definition) is 2. The normalized spacial score (nSPS) is 15.7. The van der Waals surface area contributed by atoms with E-state index in [4.69, 9.17) is 27.6 Å².